The van der Waals surface area contributed by atoms with Gasteiger partial charge in [-0.3, -0.25) is 14.6 Å². The highest BCUT2D eigenvalue weighted by atomic mass is 16.7. The van der Waals surface area contributed by atoms with E-state index in [1.54, 1.807) is 0 Å². The number of piperazine rings is 1. The van der Waals surface area contributed by atoms with Crippen LogP contribution in [0.4, 0.5) is 0 Å². The number of benzene rings is 2. The minimum absolute atomic E-state index is 0.0798. The first kappa shape index (κ1) is 26.1. The van der Waals surface area contributed by atoms with Crippen LogP contribution in [-0.2, 0) is 17.8 Å². The van der Waals surface area contributed by atoms with Gasteiger partial charge in [-0.2, -0.15) is 0 Å². The maximum atomic E-state index is 13.7. The summed E-state index contributed by atoms with van der Waals surface area (Å²) in [6, 6.07) is 12.0. The summed E-state index contributed by atoms with van der Waals surface area (Å²) in [6.07, 6.45) is 2.11. The van der Waals surface area contributed by atoms with Crippen molar-refractivity contribution < 1.29 is 14.2 Å². The van der Waals surface area contributed by atoms with E-state index in [0.29, 0.717) is 17.9 Å². The van der Waals surface area contributed by atoms with Crippen LogP contribution >= 0.6 is 0 Å². The average molecular weight is 558 g/mol. The number of pyridine rings is 1. The van der Waals surface area contributed by atoms with Gasteiger partial charge in [0.25, 0.3) is 5.56 Å². The molecule has 0 radical (unpaired) electrons. The first-order valence-electron chi connectivity index (χ1n) is 14.4. The zero-order valence-electron chi connectivity index (χ0n) is 23.5. The monoisotopic (exact) mass is 557 g/mol. The number of tetrazole rings is 1. The molecule has 2 aromatic heterocycles. The van der Waals surface area contributed by atoms with Gasteiger partial charge in [0.2, 0.25) is 6.79 Å². The first-order chi connectivity index (χ1) is 20.0. The highest BCUT2D eigenvalue weighted by Crippen LogP contribution is 2.34. The van der Waals surface area contributed by atoms with Crippen molar-refractivity contribution in [2.75, 3.05) is 39.6 Å². The fourth-order valence-corrected chi connectivity index (χ4v) is 6.29. The molecule has 2 saturated heterocycles. The van der Waals surface area contributed by atoms with Crippen LogP contribution in [0, 0.1) is 13.8 Å². The average Bonchev–Trinajstić information content (AvgIpc) is 3.76. The summed E-state index contributed by atoms with van der Waals surface area (Å²) in [5.41, 5.74) is 4.80. The Bertz CT molecular complexity index is 1620. The van der Waals surface area contributed by atoms with Gasteiger partial charge in [0.15, 0.2) is 17.3 Å². The highest BCUT2D eigenvalue weighted by Gasteiger charge is 2.34. The Morgan fingerprint density at radius 2 is 1.85 bits per heavy atom. The van der Waals surface area contributed by atoms with Gasteiger partial charge in [0, 0.05) is 50.3 Å². The number of H-pyrrole nitrogens is 1. The number of hydrogen-bond donors (Lipinski definition) is 1. The molecule has 0 bridgehead atoms. The predicted octanol–water partition coefficient (Wildman–Crippen LogP) is 2.95. The van der Waals surface area contributed by atoms with Crippen LogP contribution in [0.3, 0.4) is 0 Å². The quantitative estimate of drug-likeness (QED) is 0.367. The fraction of sp³-hybridized carbons (Fsp3) is 0.467. The number of aryl methyl sites for hydroxylation is 2. The maximum absolute atomic E-state index is 13.7. The van der Waals surface area contributed by atoms with Gasteiger partial charge in [-0.25, -0.2) is 4.68 Å². The van der Waals surface area contributed by atoms with Gasteiger partial charge in [-0.1, -0.05) is 18.2 Å². The Kier molecular flexibility index (Phi) is 6.93. The Labute approximate surface area is 238 Å². The Morgan fingerprint density at radius 1 is 1.02 bits per heavy atom. The van der Waals surface area contributed by atoms with Crippen molar-refractivity contribution in [2.24, 2.45) is 0 Å². The molecule has 11 heteroatoms. The molecule has 0 aliphatic carbocycles. The summed E-state index contributed by atoms with van der Waals surface area (Å²) >= 11 is 0. The molecule has 2 atom stereocenters. The smallest absolute Gasteiger partial charge is 0.253 e. The summed E-state index contributed by atoms with van der Waals surface area (Å²) in [6.45, 7) is 9.78. The van der Waals surface area contributed by atoms with Gasteiger partial charge < -0.3 is 19.2 Å². The van der Waals surface area contributed by atoms with Crippen molar-refractivity contribution in [3.8, 4) is 11.5 Å². The third kappa shape index (κ3) is 5.09. The van der Waals surface area contributed by atoms with Crippen molar-refractivity contribution in [3.05, 3.63) is 74.8 Å². The molecule has 5 heterocycles. The molecule has 2 aromatic carbocycles. The SMILES string of the molecule is Cc1ccc(C)c2[nH]c(=O)c([C@H](c3nnnn3C[C@@H]3CCCO3)N3CCN(Cc4ccc5c(c4)OCO5)CC3)cc12. The molecule has 2 fully saturated rings. The van der Waals surface area contributed by atoms with Crippen LogP contribution in [0.15, 0.2) is 41.2 Å². The van der Waals surface area contributed by atoms with Crippen molar-refractivity contribution in [3.63, 3.8) is 0 Å². The lowest BCUT2D eigenvalue weighted by Gasteiger charge is -2.38. The second-order valence-electron chi connectivity index (χ2n) is 11.3. The molecule has 0 unspecified atom stereocenters. The van der Waals surface area contributed by atoms with Crippen molar-refractivity contribution >= 4 is 10.9 Å². The standard InChI is InChI=1S/C30H35N7O4/c1-19-5-6-20(2)27-23(19)15-24(30(38)31-27)28(29-32-33-34-37(29)17-22-4-3-13-39-22)36-11-9-35(10-12-36)16-21-7-8-25-26(14-21)41-18-40-25/h5-8,14-15,22,28H,3-4,9-13,16-18H2,1-2H3,(H,31,38)/t22-,28+/m0/s1. The largest absolute Gasteiger partial charge is 0.454 e. The van der Waals surface area contributed by atoms with Gasteiger partial charge in [-0.05, 0) is 72.0 Å². The normalized spacial score (nSPS) is 20.2. The molecule has 1 N–H and O–H groups in total. The van der Waals surface area contributed by atoms with Gasteiger partial charge >= 0.3 is 0 Å². The van der Waals surface area contributed by atoms with Crippen LogP contribution < -0.4 is 15.0 Å². The number of nitrogens with zero attached hydrogens (tertiary/aromatic N) is 6. The number of fused-ring (bicyclic) bond motifs is 2. The molecule has 3 aliphatic heterocycles. The molecule has 214 valence electrons. The highest BCUT2D eigenvalue weighted by molar-refractivity contribution is 5.85. The number of nitrogens with one attached hydrogen (secondary N) is 1. The zero-order valence-corrected chi connectivity index (χ0v) is 23.5. The lowest BCUT2D eigenvalue weighted by molar-refractivity contribution is 0.0840. The van der Waals surface area contributed by atoms with Gasteiger partial charge in [0.1, 0.15) is 6.04 Å². The fourth-order valence-electron chi connectivity index (χ4n) is 6.29. The van der Waals surface area contributed by atoms with E-state index in [1.165, 1.54) is 5.56 Å². The molecule has 41 heavy (non-hydrogen) atoms. The first-order valence-corrected chi connectivity index (χ1v) is 14.4. The van der Waals surface area contributed by atoms with Crippen LogP contribution in [0.1, 0.15) is 47.0 Å². The molecule has 4 aromatic rings. The minimum Gasteiger partial charge on any atom is -0.454 e. The Morgan fingerprint density at radius 3 is 2.68 bits per heavy atom. The van der Waals surface area contributed by atoms with Crippen molar-refractivity contribution in [1.82, 2.24) is 35.0 Å². The van der Waals surface area contributed by atoms with Crippen molar-refractivity contribution in [1.29, 1.82) is 0 Å². The molecule has 11 nitrogen and oxygen atoms in total. The van der Waals surface area contributed by atoms with E-state index in [9.17, 15) is 4.79 Å². The number of aromatic nitrogens is 5. The molecule has 0 spiro atoms. The predicted molar refractivity (Wildman–Crippen MR) is 152 cm³/mol. The van der Waals surface area contributed by atoms with E-state index in [2.05, 4.69) is 55.4 Å². The Balaban J connectivity index is 1.19. The van der Waals surface area contributed by atoms with E-state index in [1.807, 2.05) is 29.8 Å². The molecule has 0 amide bonds. The Hall–Kier alpha value is -3.80. The third-order valence-corrected chi connectivity index (χ3v) is 8.59. The lowest BCUT2D eigenvalue weighted by atomic mass is 9.99. The molecule has 7 rings (SSSR count). The van der Waals surface area contributed by atoms with Crippen LogP contribution in [-0.4, -0.2) is 80.7 Å². The maximum Gasteiger partial charge on any atom is 0.253 e. The third-order valence-electron chi connectivity index (χ3n) is 8.59. The van der Waals surface area contributed by atoms with Gasteiger partial charge in [0.05, 0.1) is 18.2 Å². The van der Waals surface area contributed by atoms with Crippen LogP contribution in [0.2, 0.25) is 0 Å². The van der Waals surface area contributed by atoms with E-state index in [0.717, 1.165) is 85.7 Å². The second-order valence-corrected chi connectivity index (χ2v) is 11.3. The molecular formula is C30H35N7O4. The number of ether oxygens (including phenoxy) is 3. The van der Waals surface area contributed by atoms with E-state index in [4.69, 9.17) is 14.2 Å². The summed E-state index contributed by atoms with van der Waals surface area (Å²) in [5, 5.41) is 14.0. The number of rotatable bonds is 7. The second kappa shape index (κ2) is 10.9. The van der Waals surface area contributed by atoms with E-state index in [-0.39, 0.29) is 24.5 Å². The topological polar surface area (TPSA) is 111 Å². The summed E-state index contributed by atoms with van der Waals surface area (Å²) in [7, 11) is 0. The zero-order chi connectivity index (χ0) is 27.9. The summed E-state index contributed by atoms with van der Waals surface area (Å²) in [4.78, 5) is 21.7. The lowest BCUT2D eigenvalue weighted by Crippen LogP contribution is -2.48. The van der Waals surface area contributed by atoms with Crippen LogP contribution in [0.25, 0.3) is 10.9 Å². The van der Waals surface area contributed by atoms with E-state index >= 15 is 0 Å². The molecular weight excluding hydrogens is 522 g/mol. The molecule has 3 aliphatic rings. The number of aromatic amines is 1. The van der Waals surface area contributed by atoms with Crippen LogP contribution in [0.5, 0.6) is 11.5 Å². The molecule has 0 saturated carbocycles. The minimum atomic E-state index is -0.382. The van der Waals surface area contributed by atoms with Crippen molar-refractivity contribution in [2.45, 2.75) is 51.9 Å². The van der Waals surface area contributed by atoms with E-state index < -0.39 is 0 Å². The number of hydrogen-bond acceptors (Lipinski definition) is 9. The van der Waals surface area contributed by atoms with Gasteiger partial charge in [-0.15, -0.1) is 5.10 Å². The summed E-state index contributed by atoms with van der Waals surface area (Å²) in [5.74, 6) is 2.29. The summed E-state index contributed by atoms with van der Waals surface area (Å²) < 4.78 is 18.8.